The minimum atomic E-state index is -1.12. The van der Waals surface area contributed by atoms with E-state index in [1.807, 2.05) is 0 Å². The number of carboxylic acids is 1. The first-order chi connectivity index (χ1) is 9.12. The van der Waals surface area contributed by atoms with Gasteiger partial charge in [-0.15, -0.1) is 0 Å². The summed E-state index contributed by atoms with van der Waals surface area (Å²) in [5, 5.41) is 21.1. The molecular formula is C13H22N2O5. The Kier molecular flexibility index (Phi) is 5.10. The zero-order valence-corrected chi connectivity index (χ0v) is 12.0. The molecule has 1 fully saturated rings. The van der Waals surface area contributed by atoms with Gasteiger partial charge in [0.25, 0.3) is 0 Å². The molecule has 0 unspecified atom stereocenters. The number of carboxylic acid groups (broad SMARTS) is 1. The predicted octanol–water partition coefficient (Wildman–Crippen LogP) is -0.415. The molecule has 7 nitrogen and oxygen atoms in total. The van der Waals surface area contributed by atoms with Crippen LogP contribution in [0.5, 0.6) is 0 Å². The van der Waals surface area contributed by atoms with Gasteiger partial charge in [-0.1, -0.05) is 20.8 Å². The molecule has 0 radical (unpaired) electrons. The molecule has 1 saturated heterocycles. The predicted molar refractivity (Wildman–Crippen MR) is 70.8 cm³/mol. The molecule has 0 aromatic rings. The summed E-state index contributed by atoms with van der Waals surface area (Å²) >= 11 is 0. The fourth-order valence-corrected chi connectivity index (χ4v) is 2.02. The number of β-amino-alcohol motifs (C(OH)–C–C–N with tert-alkyl or cyclic N) is 1. The van der Waals surface area contributed by atoms with E-state index in [4.69, 9.17) is 5.11 Å². The third-order valence-corrected chi connectivity index (χ3v) is 3.19. The zero-order chi connectivity index (χ0) is 15.5. The Morgan fingerprint density at radius 2 is 1.90 bits per heavy atom. The molecule has 3 N–H and O–H groups in total. The number of amides is 2. The summed E-state index contributed by atoms with van der Waals surface area (Å²) in [7, 11) is 0. The Bertz CT molecular complexity index is 402. The Labute approximate surface area is 117 Å². The van der Waals surface area contributed by atoms with Crippen LogP contribution in [0.1, 0.15) is 33.6 Å². The van der Waals surface area contributed by atoms with E-state index in [-0.39, 0.29) is 37.7 Å². The molecule has 1 aliphatic rings. The molecule has 1 heterocycles. The van der Waals surface area contributed by atoms with E-state index in [0.717, 1.165) is 4.90 Å². The summed E-state index contributed by atoms with van der Waals surface area (Å²) in [6.45, 7) is 5.49. The van der Waals surface area contributed by atoms with Gasteiger partial charge >= 0.3 is 5.97 Å². The number of hydrogen-bond acceptors (Lipinski definition) is 4. The van der Waals surface area contributed by atoms with Crippen LogP contribution >= 0.6 is 0 Å². The van der Waals surface area contributed by atoms with E-state index in [1.165, 1.54) is 0 Å². The minimum absolute atomic E-state index is 0.0261. The molecule has 0 saturated carbocycles. The second kappa shape index (κ2) is 6.21. The molecule has 0 aromatic heterocycles. The SMILES string of the molecule is CC(C)(C)C(=O)NCCC(=O)N1C[C@H](O)C[C@@H]1C(=O)O. The number of rotatable bonds is 4. The Balaban J connectivity index is 2.47. The van der Waals surface area contributed by atoms with Crippen molar-refractivity contribution in [2.24, 2.45) is 5.41 Å². The van der Waals surface area contributed by atoms with Crippen molar-refractivity contribution in [2.45, 2.75) is 45.8 Å². The van der Waals surface area contributed by atoms with E-state index in [9.17, 15) is 19.5 Å². The maximum Gasteiger partial charge on any atom is 0.326 e. The van der Waals surface area contributed by atoms with Gasteiger partial charge in [-0.25, -0.2) is 4.79 Å². The van der Waals surface area contributed by atoms with Crippen molar-refractivity contribution in [3.8, 4) is 0 Å². The first kappa shape index (κ1) is 16.4. The Morgan fingerprint density at radius 1 is 1.30 bits per heavy atom. The van der Waals surface area contributed by atoms with E-state index >= 15 is 0 Å². The van der Waals surface area contributed by atoms with Crippen LogP contribution in [0.25, 0.3) is 0 Å². The van der Waals surface area contributed by atoms with Gasteiger partial charge < -0.3 is 20.4 Å². The summed E-state index contributed by atoms with van der Waals surface area (Å²) in [5.41, 5.74) is -0.531. The molecule has 0 aliphatic carbocycles. The zero-order valence-electron chi connectivity index (χ0n) is 12.0. The maximum absolute atomic E-state index is 11.9. The minimum Gasteiger partial charge on any atom is -0.480 e. The molecule has 0 spiro atoms. The van der Waals surface area contributed by atoms with Crippen molar-refractivity contribution in [3.63, 3.8) is 0 Å². The van der Waals surface area contributed by atoms with Gasteiger partial charge in [-0.2, -0.15) is 0 Å². The van der Waals surface area contributed by atoms with Crippen molar-refractivity contribution >= 4 is 17.8 Å². The molecule has 1 aliphatic heterocycles. The quantitative estimate of drug-likeness (QED) is 0.651. The number of aliphatic carboxylic acids is 1. The molecule has 2 amide bonds. The van der Waals surface area contributed by atoms with Crippen LogP contribution in [0, 0.1) is 5.41 Å². The first-order valence-corrected chi connectivity index (χ1v) is 6.61. The van der Waals surface area contributed by atoms with Crippen LogP contribution in [0.4, 0.5) is 0 Å². The standard InChI is InChI=1S/C13H22N2O5/c1-13(2,3)12(20)14-5-4-10(17)15-7-8(16)6-9(15)11(18)19/h8-9,16H,4-7H2,1-3H3,(H,14,20)(H,18,19)/t8-,9-/m1/s1. The number of aliphatic hydroxyl groups excluding tert-OH is 1. The van der Waals surface area contributed by atoms with Crippen molar-refractivity contribution < 1.29 is 24.6 Å². The average molecular weight is 286 g/mol. The van der Waals surface area contributed by atoms with E-state index in [2.05, 4.69) is 5.32 Å². The average Bonchev–Trinajstić information content (AvgIpc) is 2.70. The number of nitrogens with zero attached hydrogens (tertiary/aromatic N) is 1. The van der Waals surface area contributed by atoms with Gasteiger partial charge in [0.2, 0.25) is 11.8 Å². The Hall–Kier alpha value is -1.63. The van der Waals surface area contributed by atoms with Crippen molar-refractivity contribution in [1.29, 1.82) is 0 Å². The summed E-state index contributed by atoms with van der Waals surface area (Å²) in [4.78, 5) is 35.7. The maximum atomic E-state index is 11.9. The summed E-state index contributed by atoms with van der Waals surface area (Å²) < 4.78 is 0. The van der Waals surface area contributed by atoms with Crippen LogP contribution in [0.3, 0.4) is 0 Å². The molecule has 7 heteroatoms. The molecule has 20 heavy (non-hydrogen) atoms. The molecule has 2 atom stereocenters. The number of nitrogens with one attached hydrogen (secondary N) is 1. The number of likely N-dealkylation sites (tertiary alicyclic amines) is 1. The topological polar surface area (TPSA) is 107 Å². The third-order valence-electron chi connectivity index (χ3n) is 3.19. The smallest absolute Gasteiger partial charge is 0.326 e. The highest BCUT2D eigenvalue weighted by Crippen LogP contribution is 2.19. The lowest BCUT2D eigenvalue weighted by Crippen LogP contribution is -2.42. The van der Waals surface area contributed by atoms with E-state index < -0.39 is 23.5 Å². The van der Waals surface area contributed by atoms with Crippen molar-refractivity contribution in [1.82, 2.24) is 10.2 Å². The summed E-state index contributed by atoms with van der Waals surface area (Å²) in [5.74, 6) is -1.65. The number of carbonyl (C=O) groups excluding carboxylic acids is 2. The highest BCUT2D eigenvalue weighted by Gasteiger charge is 2.38. The van der Waals surface area contributed by atoms with Gasteiger partial charge in [0, 0.05) is 31.3 Å². The molecule has 114 valence electrons. The molecule has 0 aromatic carbocycles. The summed E-state index contributed by atoms with van der Waals surface area (Å²) in [6, 6.07) is -0.976. The van der Waals surface area contributed by atoms with Gasteiger partial charge in [0.05, 0.1) is 6.10 Å². The molecule has 0 bridgehead atoms. The van der Waals surface area contributed by atoms with Gasteiger partial charge in [0.1, 0.15) is 6.04 Å². The van der Waals surface area contributed by atoms with E-state index in [0.29, 0.717) is 0 Å². The first-order valence-electron chi connectivity index (χ1n) is 6.61. The fraction of sp³-hybridized carbons (Fsp3) is 0.769. The monoisotopic (exact) mass is 286 g/mol. The molecular weight excluding hydrogens is 264 g/mol. The molecule has 1 rings (SSSR count). The largest absolute Gasteiger partial charge is 0.480 e. The normalized spacial score (nSPS) is 22.7. The van der Waals surface area contributed by atoms with Crippen LogP contribution in [0.15, 0.2) is 0 Å². The highest BCUT2D eigenvalue weighted by molar-refractivity contribution is 5.85. The van der Waals surface area contributed by atoms with Gasteiger partial charge in [0.15, 0.2) is 0 Å². The van der Waals surface area contributed by atoms with Crippen LogP contribution in [-0.4, -0.2) is 58.1 Å². The number of aliphatic hydroxyl groups is 1. The lowest BCUT2D eigenvalue weighted by atomic mass is 9.96. The lowest BCUT2D eigenvalue weighted by molar-refractivity contribution is -0.148. The van der Waals surface area contributed by atoms with Gasteiger partial charge in [-0.3, -0.25) is 9.59 Å². The second-order valence-electron chi connectivity index (χ2n) is 6.05. The highest BCUT2D eigenvalue weighted by atomic mass is 16.4. The summed E-state index contributed by atoms with van der Waals surface area (Å²) in [6.07, 6.45) is -0.725. The third kappa shape index (κ3) is 4.19. The Morgan fingerprint density at radius 3 is 2.40 bits per heavy atom. The fourth-order valence-electron chi connectivity index (χ4n) is 2.02. The van der Waals surface area contributed by atoms with Crippen LogP contribution in [0.2, 0.25) is 0 Å². The lowest BCUT2D eigenvalue weighted by Gasteiger charge is -2.22. The number of carbonyl (C=O) groups is 3. The van der Waals surface area contributed by atoms with E-state index in [1.54, 1.807) is 20.8 Å². The van der Waals surface area contributed by atoms with Crippen molar-refractivity contribution in [2.75, 3.05) is 13.1 Å². The van der Waals surface area contributed by atoms with Crippen LogP contribution < -0.4 is 5.32 Å². The van der Waals surface area contributed by atoms with Crippen molar-refractivity contribution in [3.05, 3.63) is 0 Å². The van der Waals surface area contributed by atoms with Crippen LogP contribution in [-0.2, 0) is 14.4 Å². The number of hydrogen-bond donors (Lipinski definition) is 3. The van der Waals surface area contributed by atoms with Gasteiger partial charge in [-0.05, 0) is 0 Å². The second-order valence-corrected chi connectivity index (χ2v) is 6.05.